The van der Waals surface area contributed by atoms with Gasteiger partial charge in [0, 0.05) is 51.2 Å². The molecule has 2 aromatic rings. The number of para-hydroxylation sites is 1. The van der Waals surface area contributed by atoms with Crippen molar-refractivity contribution in [2.75, 3.05) is 54.0 Å². The van der Waals surface area contributed by atoms with E-state index in [1.165, 1.54) is 5.69 Å². The molecule has 1 aromatic heterocycles. The molecule has 0 spiro atoms. The fourth-order valence-corrected chi connectivity index (χ4v) is 3.84. The molecule has 0 bridgehead atoms. The third-order valence-corrected chi connectivity index (χ3v) is 5.25. The smallest absolute Gasteiger partial charge is 0.227 e. The second kappa shape index (κ2) is 7.91. The molecule has 1 N–H and O–H groups in total. The van der Waals surface area contributed by atoms with Crippen LogP contribution in [0, 0.1) is 0 Å². The molecule has 2 saturated heterocycles. The molecule has 0 amide bonds. The highest BCUT2D eigenvalue weighted by molar-refractivity contribution is 5.48. The van der Waals surface area contributed by atoms with Crippen molar-refractivity contribution in [3.05, 3.63) is 42.6 Å². The molecule has 2 aliphatic rings. The molecule has 1 aromatic carbocycles. The van der Waals surface area contributed by atoms with Gasteiger partial charge in [-0.1, -0.05) is 18.2 Å². The SMILES string of the molecule is O[C@H]1CCCN(c2ccnc(N3CCCN(c4ccccc4)CC3)n2)C1. The Hall–Kier alpha value is -2.34. The van der Waals surface area contributed by atoms with Crippen molar-refractivity contribution in [3.8, 4) is 0 Å². The third-order valence-electron chi connectivity index (χ3n) is 5.25. The van der Waals surface area contributed by atoms with Gasteiger partial charge >= 0.3 is 0 Å². The molecule has 0 saturated carbocycles. The Balaban J connectivity index is 1.45. The lowest BCUT2D eigenvalue weighted by Gasteiger charge is -2.31. The summed E-state index contributed by atoms with van der Waals surface area (Å²) in [7, 11) is 0. The van der Waals surface area contributed by atoms with Gasteiger partial charge in [0.05, 0.1) is 6.10 Å². The Morgan fingerprint density at radius 2 is 1.62 bits per heavy atom. The molecule has 0 unspecified atom stereocenters. The van der Waals surface area contributed by atoms with Crippen LogP contribution in [0.5, 0.6) is 0 Å². The van der Waals surface area contributed by atoms with Gasteiger partial charge in [-0.25, -0.2) is 4.98 Å². The minimum atomic E-state index is -0.250. The van der Waals surface area contributed by atoms with Crippen molar-refractivity contribution in [1.82, 2.24) is 9.97 Å². The Bertz CT molecular complexity index is 710. The molecule has 3 heterocycles. The van der Waals surface area contributed by atoms with Gasteiger partial charge < -0.3 is 19.8 Å². The van der Waals surface area contributed by atoms with Crippen molar-refractivity contribution in [3.63, 3.8) is 0 Å². The van der Waals surface area contributed by atoms with Gasteiger partial charge in [-0.15, -0.1) is 0 Å². The van der Waals surface area contributed by atoms with E-state index >= 15 is 0 Å². The number of anilines is 3. The molecule has 2 fully saturated rings. The number of hydrogen-bond acceptors (Lipinski definition) is 6. The number of piperidine rings is 1. The molecule has 26 heavy (non-hydrogen) atoms. The normalized spacial score (nSPS) is 21.6. The summed E-state index contributed by atoms with van der Waals surface area (Å²) in [6.45, 7) is 5.53. The summed E-state index contributed by atoms with van der Waals surface area (Å²) in [5, 5.41) is 9.93. The number of hydrogen-bond donors (Lipinski definition) is 1. The van der Waals surface area contributed by atoms with Crippen LogP contribution >= 0.6 is 0 Å². The zero-order chi connectivity index (χ0) is 17.8. The van der Waals surface area contributed by atoms with Crippen molar-refractivity contribution in [1.29, 1.82) is 0 Å². The summed E-state index contributed by atoms with van der Waals surface area (Å²) in [4.78, 5) is 16.2. The lowest BCUT2D eigenvalue weighted by Crippen LogP contribution is -2.39. The number of β-amino-alcohol motifs (C(OH)–C–C–N with tert-alkyl or cyclic N) is 1. The highest BCUT2D eigenvalue weighted by Crippen LogP contribution is 2.22. The van der Waals surface area contributed by atoms with Crippen LogP contribution in [0.1, 0.15) is 19.3 Å². The zero-order valence-electron chi connectivity index (χ0n) is 15.2. The molecule has 6 heteroatoms. The first kappa shape index (κ1) is 17.1. The van der Waals surface area contributed by atoms with E-state index in [4.69, 9.17) is 4.98 Å². The molecule has 4 rings (SSSR count). The number of nitrogens with zero attached hydrogens (tertiary/aromatic N) is 5. The first-order chi connectivity index (χ1) is 12.8. The van der Waals surface area contributed by atoms with E-state index in [9.17, 15) is 5.11 Å². The fraction of sp³-hybridized carbons (Fsp3) is 0.500. The van der Waals surface area contributed by atoms with Crippen LogP contribution in [0.15, 0.2) is 42.6 Å². The maximum Gasteiger partial charge on any atom is 0.227 e. The number of benzene rings is 1. The largest absolute Gasteiger partial charge is 0.391 e. The zero-order valence-corrected chi connectivity index (χ0v) is 15.2. The van der Waals surface area contributed by atoms with Gasteiger partial charge in [0.15, 0.2) is 0 Å². The molecule has 0 radical (unpaired) electrons. The predicted molar refractivity (Wildman–Crippen MR) is 105 cm³/mol. The van der Waals surface area contributed by atoms with Crippen LogP contribution in [0.3, 0.4) is 0 Å². The average molecular weight is 353 g/mol. The van der Waals surface area contributed by atoms with Crippen molar-refractivity contribution in [2.45, 2.75) is 25.4 Å². The predicted octanol–water partition coefficient (Wildman–Crippen LogP) is 2.15. The minimum Gasteiger partial charge on any atom is -0.391 e. The van der Waals surface area contributed by atoms with E-state index in [1.54, 1.807) is 0 Å². The molecule has 2 aliphatic heterocycles. The molecule has 1 atom stereocenters. The first-order valence-electron chi connectivity index (χ1n) is 9.60. The summed E-state index contributed by atoms with van der Waals surface area (Å²) in [5.41, 5.74) is 1.28. The summed E-state index contributed by atoms with van der Waals surface area (Å²) >= 11 is 0. The molecule has 6 nitrogen and oxygen atoms in total. The van der Waals surface area contributed by atoms with Gasteiger partial charge in [0.25, 0.3) is 0 Å². The maximum atomic E-state index is 9.93. The Morgan fingerprint density at radius 3 is 2.46 bits per heavy atom. The van der Waals surface area contributed by atoms with Gasteiger partial charge in [0.2, 0.25) is 5.95 Å². The first-order valence-corrected chi connectivity index (χ1v) is 9.60. The third kappa shape index (κ3) is 3.90. The number of aliphatic hydroxyl groups is 1. The van der Waals surface area contributed by atoms with Crippen LogP contribution in [0.25, 0.3) is 0 Å². The highest BCUT2D eigenvalue weighted by atomic mass is 16.3. The number of aromatic nitrogens is 2. The molecular weight excluding hydrogens is 326 g/mol. The number of rotatable bonds is 3. The molecular formula is C20H27N5O. The monoisotopic (exact) mass is 353 g/mol. The van der Waals surface area contributed by atoms with Gasteiger partial charge in [-0.05, 0) is 37.5 Å². The van der Waals surface area contributed by atoms with Crippen molar-refractivity contribution >= 4 is 17.5 Å². The van der Waals surface area contributed by atoms with E-state index in [0.717, 1.165) is 63.8 Å². The highest BCUT2D eigenvalue weighted by Gasteiger charge is 2.21. The lowest BCUT2D eigenvalue weighted by molar-refractivity contribution is 0.154. The summed E-state index contributed by atoms with van der Waals surface area (Å²) in [6, 6.07) is 12.6. The summed E-state index contributed by atoms with van der Waals surface area (Å²) < 4.78 is 0. The minimum absolute atomic E-state index is 0.250. The van der Waals surface area contributed by atoms with Crippen molar-refractivity contribution < 1.29 is 5.11 Å². The van der Waals surface area contributed by atoms with Crippen molar-refractivity contribution in [2.24, 2.45) is 0 Å². The standard InChI is InChI=1S/C20H27N5O/c26-18-8-4-11-25(16-18)19-9-10-21-20(22-19)24-13-5-12-23(14-15-24)17-6-2-1-3-7-17/h1-3,6-7,9-10,18,26H,4-5,8,11-16H2/t18-/m0/s1. The fourth-order valence-electron chi connectivity index (χ4n) is 3.84. The van der Waals surface area contributed by atoms with Crippen LogP contribution in [-0.4, -0.2) is 60.4 Å². The average Bonchev–Trinajstić information content (AvgIpc) is 2.95. The topological polar surface area (TPSA) is 55.7 Å². The van der Waals surface area contributed by atoms with Gasteiger partial charge in [0.1, 0.15) is 5.82 Å². The van der Waals surface area contributed by atoms with Gasteiger partial charge in [-0.2, -0.15) is 4.98 Å². The quantitative estimate of drug-likeness (QED) is 0.913. The van der Waals surface area contributed by atoms with Crippen LogP contribution in [0.2, 0.25) is 0 Å². The second-order valence-electron chi connectivity index (χ2n) is 7.12. The van der Waals surface area contributed by atoms with Crippen LogP contribution in [-0.2, 0) is 0 Å². The number of aliphatic hydroxyl groups excluding tert-OH is 1. The second-order valence-corrected chi connectivity index (χ2v) is 7.12. The maximum absolute atomic E-state index is 9.93. The molecule has 138 valence electrons. The molecule has 0 aliphatic carbocycles. The van der Waals surface area contributed by atoms with E-state index < -0.39 is 0 Å². The van der Waals surface area contributed by atoms with E-state index in [-0.39, 0.29) is 6.10 Å². The van der Waals surface area contributed by atoms with E-state index in [0.29, 0.717) is 6.54 Å². The Labute approximate surface area is 155 Å². The van der Waals surface area contributed by atoms with Gasteiger partial charge in [-0.3, -0.25) is 0 Å². The summed E-state index contributed by atoms with van der Waals surface area (Å²) in [5.74, 6) is 1.73. The Kier molecular flexibility index (Phi) is 5.20. The van der Waals surface area contributed by atoms with Crippen LogP contribution < -0.4 is 14.7 Å². The van der Waals surface area contributed by atoms with E-state index in [2.05, 4.69) is 50.0 Å². The summed E-state index contributed by atoms with van der Waals surface area (Å²) in [6.07, 6.45) is 4.58. The lowest BCUT2D eigenvalue weighted by atomic mass is 10.1. The van der Waals surface area contributed by atoms with Crippen LogP contribution in [0.4, 0.5) is 17.5 Å². The Morgan fingerprint density at radius 1 is 0.846 bits per heavy atom. The van der Waals surface area contributed by atoms with E-state index in [1.807, 2.05) is 12.3 Å².